The molecule has 2 heterocycles. The molecular formula is C8H8N4O. The summed E-state index contributed by atoms with van der Waals surface area (Å²) in [5.41, 5.74) is 1.91. The van der Waals surface area contributed by atoms with E-state index in [1.54, 1.807) is 4.68 Å². The van der Waals surface area contributed by atoms with E-state index in [0.29, 0.717) is 11.3 Å². The summed E-state index contributed by atoms with van der Waals surface area (Å²) in [6, 6.07) is 1.82. The number of aldehydes is 1. The molecule has 0 fully saturated rings. The van der Waals surface area contributed by atoms with E-state index >= 15 is 0 Å². The van der Waals surface area contributed by atoms with Gasteiger partial charge >= 0.3 is 0 Å². The number of aromatic nitrogens is 4. The van der Waals surface area contributed by atoms with Crippen LogP contribution in [0.4, 0.5) is 0 Å². The quantitative estimate of drug-likeness (QED) is 0.682. The third-order valence-electron chi connectivity index (χ3n) is 1.77. The van der Waals surface area contributed by atoms with Gasteiger partial charge in [0.15, 0.2) is 6.29 Å². The lowest BCUT2D eigenvalue weighted by atomic mass is 10.2. The molecule has 13 heavy (non-hydrogen) atoms. The molecule has 0 saturated carbocycles. The largest absolute Gasteiger partial charge is 0.298 e. The molecule has 0 spiro atoms. The average molecular weight is 176 g/mol. The fourth-order valence-electron chi connectivity index (χ4n) is 1.14. The number of carbonyl (C=O) groups excluding carboxylic acids is 1. The Morgan fingerprint density at radius 2 is 2.46 bits per heavy atom. The number of carbonyl (C=O) groups is 1. The van der Waals surface area contributed by atoms with Crippen LogP contribution in [0.25, 0.3) is 11.4 Å². The summed E-state index contributed by atoms with van der Waals surface area (Å²) in [4.78, 5) is 10.6. The SMILES string of the molecule is Cn1ccc(-c2[nH]ncc2C=O)n1. The molecule has 0 saturated heterocycles. The van der Waals surface area contributed by atoms with Crippen LogP contribution in [0.1, 0.15) is 10.4 Å². The lowest BCUT2D eigenvalue weighted by Gasteiger charge is -1.90. The van der Waals surface area contributed by atoms with E-state index in [-0.39, 0.29) is 0 Å². The Bertz CT molecular complexity index is 429. The van der Waals surface area contributed by atoms with Gasteiger partial charge in [-0.1, -0.05) is 0 Å². The third kappa shape index (κ3) is 1.24. The Morgan fingerprint density at radius 3 is 3.08 bits per heavy atom. The number of aryl methyl sites for hydroxylation is 1. The first-order valence-electron chi connectivity index (χ1n) is 3.80. The van der Waals surface area contributed by atoms with E-state index in [0.717, 1.165) is 12.0 Å². The van der Waals surface area contributed by atoms with E-state index in [1.807, 2.05) is 19.3 Å². The normalized spacial score (nSPS) is 10.2. The van der Waals surface area contributed by atoms with Gasteiger partial charge in [-0.15, -0.1) is 0 Å². The number of hydrogen-bond donors (Lipinski definition) is 1. The molecule has 5 heteroatoms. The van der Waals surface area contributed by atoms with Crippen LogP contribution in [0.2, 0.25) is 0 Å². The van der Waals surface area contributed by atoms with Crippen LogP contribution in [-0.4, -0.2) is 26.3 Å². The molecule has 0 atom stereocenters. The van der Waals surface area contributed by atoms with Gasteiger partial charge < -0.3 is 0 Å². The Kier molecular flexibility index (Phi) is 1.70. The van der Waals surface area contributed by atoms with Crippen LogP contribution < -0.4 is 0 Å². The highest BCUT2D eigenvalue weighted by Crippen LogP contribution is 2.16. The van der Waals surface area contributed by atoms with E-state index in [4.69, 9.17) is 0 Å². The van der Waals surface area contributed by atoms with Gasteiger partial charge in [0.1, 0.15) is 5.69 Å². The van der Waals surface area contributed by atoms with Gasteiger partial charge in [0.2, 0.25) is 0 Å². The van der Waals surface area contributed by atoms with Crippen LogP contribution in [0.5, 0.6) is 0 Å². The van der Waals surface area contributed by atoms with Crippen molar-refractivity contribution in [2.75, 3.05) is 0 Å². The van der Waals surface area contributed by atoms with Crippen LogP contribution in [0.3, 0.4) is 0 Å². The highest BCUT2D eigenvalue weighted by Gasteiger charge is 2.08. The van der Waals surface area contributed by atoms with Crippen molar-refractivity contribution in [3.8, 4) is 11.4 Å². The zero-order valence-corrected chi connectivity index (χ0v) is 7.06. The van der Waals surface area contributed by atoms with Crippen molar-refractivity contribution in [2.24, 2.45) is 7.05 Å². The highest BCUT2D eigenvalue weighted by atomic mass is 16.1. The minimum absolute atomic E-state index is 0.527. The minimum atomic E-state index is 0.527. The third-order valence-corrected chi connectivity index (χ3v) is 1.77. The van der Waals surface area contributed by atoms with Gasteiger partial charge in [-0.2, -0.15) is 10.2 Å². The zero-order valence-electron chi connectivity index (χ0n) is 7.06. The smallest absolute Gasteiger partial charge is 0.153 e. The molecule has 0 radical (unpaired) electrons. The predicted molar refractivity (Wildman–Crippen MR) is 46.2 cm³/mol. The summed E-state index contributed by atoms with van der Waals surface area (Å²) in [6.07, 6.45) is 4.05. The lowest BCUT2D eigenvalue weighted by Crippen LogP contribution is -1.89. The van der Waals surface area contributed by atoms with E-state index in [1.165, 1.54) is 6.20 Å². The number of rotatable bonds is 2. The topological polar surface area (TPSA) is 63.6 Å². The summed E-state index contributed by atoms with van der Waals surface area (Å²) in [7, 11) is 1.82. The number of aromatic amines is 1. The molecule has 2 aromatic heterocycles. The molecule has 2 rings (SSSR count). The summed E-state index contributed by atoms with van der Waals surface area (Å²) in [6.45, 7) is 0. The van der Waals surface area contributed by atoms with Crippen molar-refractivity contribution in [1.29, 1.82) is 0 Å². The number of nitrogens with one attached hydrogen (secondary N) is 1. The van der Waals surface area contributed by atoms with Crippen LogP contribution in [-0.2, 0) is 7.05 Å². The van der Waals surface area contributed by atoms with Gasteiger partial charge in [-0.05, 0) is 6.07 Å². The van der Waals surface area contributed by atoms with Gasteiger partial charge in [0, 0.05) is 13.2 Å². The maximum Gasteiger partial charge on any atom is 0.153 e. The fourth-order valence-corrected chi connectivity index (χ4v) is 1.14. The standard InChI is InChI=1S/C8H8N4O/c1-12-3-2-7(11-12)8-6(5-13)4-9-10-8/h2-5H,1H3,(H,9,10). The Balaban J connectivity index is 2.51. The second-order valence-electron chi connectivity index (χ2n) is 2.69. The number of nitrogens with zero attached hydrogens (tertiary/aromatic N) is 3. The van der Waals surface area contributed by atoms with Gasteiger partial charge in [-0.3, -0.25) is 14.6 Å². The number of H-pyrrole nitrogens is 1. The van der Waals surface area contributed by atoms with Crippen molar-refractivity contribution in [3.05, 3.63) is 24.0 Å². The van der Waals surface area contributed by atoms with Crippen molar-refractivity contribution in [1.82, 2.24) is 20.0 Å². The summed E-state index contributed by atoms with van der Waals surface area (Å²) < 4.78 is 1.67. The van der Waals surface area contributed by atoms with Crippen molar-refractivity contribution < 1.29 is 4.79 Å². The molecule has 0 aliphatic carbocycles. The van der Waals surface area contributed by atoms with Gasteiger partial charge in [0.05, 0.1) is 17.5 Å². The average Bonchev–Trinajstić information content (AvgIpc) is 2.71. The first-order valence-corrected chi connectivity index (χ1v) is 3.80. The van der Waals surface area contributed by atoms with Crippen molar-refractivity contribution in [2.45, 2.75) is 0 Å². The lowest BCUT2D eigenvalue weighted by molar-refractivity contribution is 0.112. The Labute approximate surface area is 74.4 Å². The molecule has 2 aromatic rings. The molecule has 0 amide bonds. The minimum Gasteiger partial charge on any atom is -0.298 e. The fraction of sp³-hybridized carbons (Fsp3) is 0.125. The van der Waals surface area contributed by atoms with Crippen LogP contribution >= 0.6 is 0 Å². The summed E-state index contributed by atoms with van der Waals surface area (Å²) in [5, 5.41) is 10.7. The molecular weight excluding hydrogens is 168 g/mol. The van der Waals surface area contributed by atoms with E-state index in [9.17, 15) is 4.79 Å². The number of hydrogen-bond acceptors (Lipinski definition) is 3. The van der Waals surface area contributed by atoms with Crippen LogP contribution in [0, 0.1) is 0 Å². The monoisotopic (exact) mass is 176 g/mol. The Hall–Kier alpha value is -1.91. The molecule has 0 aromatic carbocycles. The van der Waals surface area contributed by atoms with E-state index in [2.05, 4.69) is 15.3 Å². The molecule has 0 bridgehead atoms. The maximum atomic E-state index is 10.6. The molecule has 0 aliphatic heterocycles. The molecule has 1 N–H and O–H groups in total. The molecule has 5 nitrogen and oxygen atoms in total. The predicted octanol–water partition coefficient (Wildman–Crippen LogP) is 0.623. The Morgan fingerprint density at radius 1 is 1.62 bits per heavy atom. The van der Waals surface area contributed by atoms with Crippen LogP contribution in [0.15, 0.2) is 18.5 Å². The first-order chi connectivity index (χ1) is 6.31. The second-order valence-corrected chi connectivity index (χ2v) is 2.69. The van der Waals surface area contributed by atoms with Gasteiger partial charge in [-0.25, -0.2) is 0 Å². The molecule has 66 valence electrons. The van der Waals surface area contributed by atoms with Crippen molar-refractivity contribution in [3.63, 3.8) is 0 Å². The summed E-state index contributed by atoms with van der Waals surface area (Å²) >= 11 is 0. The van der Waals surface area contributed by atoms with E-state index < -0.39 is 0 Å². The zero-order chi connectivity index (χ0) is 9.26. The first kappa shape index (κ1) is 7.72. The molecule has 0 aliphatic rings. The maximum absolute atomic E-state index is 10.6. The second kappa shape index (κ2) is 2.85. The highest BCUT2D eigenvalue weighted by molar-refractivity contribution is 5.84. The molecule has 0 unspecified atom stereocenters. The van der Waals surface area contributed by atoms with Crippen molar-refractivity contribution >= 4 is 6.29 Å². The summed E-state index contributed by atoms with van der Waals surface area (Å²) in [5.74, 6) is 0. The van der Waals surface area contributed by atoms with Gasteiger partial charge in [0.25, 0.3) is 0 Å².